The molecule has 0 radical (unpaired) electrons. The van der Waals surface area contributed by atoms with Crippen molar-refractivity contribution in [1.82, 2.24) is 10.2 Å². The third-order valence-corrected chi connectivity index (χ3v) is 8.55. The molecular formula is C27H40N2O5. The average molecular weight is 473 g/mol. The Bertz CT molecular complexity index is 1000. The highest BCUT2D eigenvalue weighted by Crippen LogP contribution is 2.68. The molecule has 1 aromatic rings. The van der Waals surface area contributed by atoms with E-state index in [0.717, 1.165) is 50.0 Å². The summed E-state index contributed by atoms with van der Waals surface area (Å²) < 4.78 is 17.3. The second-order valence-corrected chi connectivity index (χ2v) is 12.2. The van der Waals surface area contributed by atoms with Gasteiger partial charge in [-0.2, -0.15) is 0 Å². The zero-order valence-electron chi connectivity index (χ0n) is 21.7. The maximum absolute atomic E-state index is 13.0. The number of phenols is 1. The van der Waals surface area contributed by atoms with Crippen LogP contribution in [0.3, 0.4) is 0 Å². The number of methoxy groups -OCH3 is 1. The van der Waals surface area contributed by atoms with Gasteiger partial charge in [0, 0.05) is 28.6 Å². The lowest BCUT2D eigenvalue weighted by Gasteiger charge is -2.59. The maximum Gasteiger partial charge on any atom is 0.323 e. The van der Waals surface area contributed by atoms with Crippen molar-refractivity contribution in [1.29, 1.82) is 0 Å². The molecule has 7 nitrogen and oxygen atoms in total. The van der Waals surface area contributed by atoms with Gasteiger partial charge in [0.1, 0.15) is 11.6 Å². The Morgan fingerprint density at radius 2 is 2.00 bits per heavy atom. The fraction of sp³-hybridized carbons (Fsp3) is 0.741. The normalized spacial score (nSPS) is 30.5. The number of benzene rings is 1. The van der Waals surface area contributed by atoms with Gasteiger partial charge in [-0.25, -0.2) is 0 Å². The van der Waals surface area contributed by atoms with Gasteiger partial charge in [0.25, 0.3) is 0 Å². The highest BCUT2D eigenvalue weighted by Gasteiger charge is 2.59. The van der Waals surface area contributed by atoms with E-state index in [1.807, 2.05) is 20.8 Å². The molecule has 7 heteroatoms. The summed E-state index contributed by atoms with van der Waals surface area (Å²) in [5.74, 6) is 2.61. The number of phenolic OH excluding ortho intramolecular Hbond substituents is 1. The fourth-order valence-electron chi connectivity index (χ4n) is 7.08. The van der Waals surface area contributed by atoms with Crippen molar-refractivity contribution in [3.8, 4) is 23.0 Å². The van der Waals surface area contributed by atoms with Gasteiger partial charge in [0.2, 0.25) is 11.5 Å². The summed E-state index contributed by atoms with van der Waals surface area (Å²) in [6, 6.07) is 0.286. The van der Waals surface area contributed by atoms with Crippen LogP contribution in [-0.4, -0.2) is 60.4 Å². The number of ether oxygens (including phenoxy) is 3. The first-order valence-electron chi connectivity index (χ1n) is 12.8. The number of aromatic hydroxyl groups is 1. The molecule has 2 N–H and O–H groups in total. The van der Waals surface area contributed by atoms with Crippen LogP contribution in [0.25, 0.3) is 0 Å². The number of fused-ring (bicyclic) bond motifs is 3. The van der Waals surface area contributed by atoms with Crippen LogP contribution in [0.5, 0.6) is 23.0 Å². The molecule has 2 bridgehead atoms. The van der Waals surface area contributed by atoms with E-state index in [1.165, 1.54) is 5.56 Å². The lowest BCUT2D eigenvalue weighted by atomic mass is 9.51. The summed E-state index contributed by atoms with van der Waals surface area (Å²) in [6.45, 7) is 10.9. The van der Waals surface area contributed by atoms with Crippen LogP contribution in [0.4, 0.5) is 0 Å². The molecule has 2 heterocycles. The molecule has 0 amide bonds. The Kier molecular flexibility index (Phi) is 5.60. The minimum absolute atomic E-state index is 0.111. The number of esters is 1. The van der Waals surface area contributed by atoms with Gasteiger partial charge < -0.3 is 29.5 Å². The van der Waals surface area contributed by atoms with Crippen molar-refractivity contribution in [2.45, 2.75) is 95.9 Å². The predicted molar refractivity (Wildman–Crippen MR) is 130 cm³/mol. The quantitative estimate of drug-likeness (QED) is 0.500. The molecule has 0 aromatic heterocycles. The van der Waals surface area contributed by atoms with Crippen molar-refractivity contribution in [3.05, 3.63) is 11.1 Å². The zero-order valence-corrected chi connectivity index (χ0v) is 21.7. The minimum atomic E-state index is -0.514. The Morgan fingerprint density at radius 3 is 2.65 bits per heavy atom. The van der Waals surface area contributed by atoms with Gasteiger partial charge >= 0.3 is 5.97 Å². The third-order valence-electron chi connectivity index (χ3n) is 8.55. The van der Waals surface area contributed by atoms with Crippen LogP contribution in [0.15, 0.2) is 0 Å². The van der Waals surface area contributed by atoms with Gasteiger partial charge in [-0.15, -0.1) is 0 Å². The van der Waals surface area contributed by atoms with Crippen LogP contribution in [-0.2, 0) is 21.4 Å². The molecule has 188 valence electrons. The van der Waals surface area contributed by atoms with Crippen molar-refractivity contribution in [2.24, 2.45) is 11.8 Å². The third kappa shape index (κ3) is 3.67. The Hall–Kier alpha value is -1.99. The Morgan fingerprint density at radius 1 is 1.26 bits per heavy atom. The smallest absolute Gasteiger partial charge is 0.323 e. The first-order chi connectivity index (χ1) is 16.0. The second kappa shape index (κ2) is 8.02. The van der Waals surface area contributed by atoms with Gasteiger partial charge in [-0.1, -0.05) is 13.8 Å². The van der Waals surface area contributed by atoms with Crippen LogP contribution >= 0.6 is 0 Å². The summed E-state index contributed by atoms with van der Waals surface area (Å²) in [6.07, 6.45) is 4.95. The number of nitrogens with zero attached hydrogens (tertiary/aromatic N) is 1. The summed E-state index contributed by atoms with van der Waals surface area (Å²) in [4.78, 5) is 15.6. The average Bonchev–Trinajstić information content (AvgIpc) is 3.55. The number of carbonyl (C=O) groups excluding carboxylic acids is 1. The van der Waals surface area contributed by atoms with Crippen LogP contribution in [0, 0.1) is 11.8 Å². The molecule has 4 aliphatic rings. The number of piperidine rings is 1. The molecule has 0 unspecified atom stereocenters. The Labute approximate surface area is 203 Å². The zero-order chi connectivity index (χ0) is 24.6. The van der Waals surface area contributed by atoms with Crippen molar-refractivity contribution in [2.75, 3.05) is 20.7 Å². The molecule has 2 aliphatic carbocycles. The highest BCUT2D eigenvalue weighted by atomic mass is 16.6. The van der Waals surface area contributed by atoms with Crippen molar-refractivity contribution >= 4 is 5.97 Å². The summed E-state index contributed by atoms with van der Waals surface area (Å²) in [7, 11) is 3.88. The fourth-order valence-corrected chi connectivity index (χ4v) is 7.08. The van der Waals surface area contributed by atoms with E-state index < -0.39 is 5.60 Å². The van der Waals surface area contributed by atoms with Gasteiger partial charge in [0.15, 0.2) is 11.5 Å². The molecule has 2 aliphatic heterocycles. The number of rotatable bonds is 5. The van der Waals surface area contributed by atoms with Crippen molar-refractivity contribution < 1.29 is 24.1 Å². The molecule has 5 rings (SSSR count). The molecule has 1 saturated carbocycles. The van der Waals surface area contributed by atoms with E-state index in [9.17, 15) is 9.90 Å². The first-order valence-corrected chi connectivity index (χ1v) is 12.8. The SMILES string of the molecule is COc1c(O)c2c(c3c1[C@]14CCN(C)[C@H](C3)[C@@H]1CC[C@H](N[C@@H](C(=O)OC(C)(C)C)C(C)C)C4)O2. The number of likely N-dealkylation sites (N-methyl/N-ethyl adjacent to an activating group) is 1. The molecule has 34 heavy (non-hydrogen) atoms. The number of carbonyl (C=O) groups is 1. The van der Waals surface area contributed by atoms with E-state index in [0.29, 0.717) is 23.5 Å². The lowest BCUT2D eigenvalue weighted by Crippen LogP contribution is -2.63. The Balaban J connectivity index is 1.50. The van der Waals surface area contributed by atoms with Crippen LogP contribution in [0.1, 0.15) is 71.4 Å². The monoisotopic (exact) mass is 472 g/mol. The van der Waals surface area contributed by atoms with Gasteiger partial charge in [-0.05, 0) is 78.3 Å². The molecule has 1 aromatic carbocycles. The standard InChI is InChI=1S/C27H40N2O5/c1-14(2)20(25(31)34-26(3,4)5)28-15-8-9-17-18-12-16-19(27(17,13-15)10-11-29(18)6)23(32-7)21(30)24-22(16)33-24/h14-15,17-18,20,28,30H,8-13H2,1-7H3/t15-,17-,18+,20+,27-/m0/s1. The molecule has 0 spiro atoms. The van der Waals surface area contributed by atoms with E-state index in [4.69, 9.17) is 14.2 Å². The van der Waals surface area contributed by atoms with Crippen LogP contribution < -0.4 is 14.8 Å². The summed E-state index contributed by atoms with van der Waals surface area (Å²) >= 11 is 0. The summed E-state index contributed by atoms with van der Waals surface area (Å²) in [5, 5.41) is 14.6. The molecule has 2 fully saturated rings. The van der Waals surface area contributed by atoms with E-state index in [1.54, 1.807) is 7.11 Å². The van der Waals surface area contributed by atoms with Gasteiger partial charge in [-0.3, -0.25) is 4.79 Å². The first kappa shape index (κ1) is 23.7. The van der Waals surface area contributed by atoms with Crippen LogP contribution in [0.2, 0.25) is 0 Å². The van der Waals surface area contributed by atoms with E-state index in [2.05, 4.69) is 31.1 Å². The molecule has 5 atom stereocenters. The number of hydrogen-bond donors (Lipinski definition) is 2. The number of likely N-dealkylation sites (tertiary alicyclic amines) is 1. The topological polar surface area (TPSA) is 83.6 Å². The lowest BCUT2D eigenvalue weighted by molar-refractivity contribution is -0.159. The molecular weight excluding hydrogens is 432 g/mol. The predicted octanol–water partition coefficient (Wildman–Crippen LogP) is 4.13. The molecule has 1 saturated heterocycles. The van der Waals surface area contributed by atoms with Gasteiger partial charge in [0.05, 0.1) is 7.11 Å². The second-order valence-electron chi connectivity index (χ2n) is 12.2. The highest BCUT2D eigenvalue weighted by molar-refractivity contribution is 5.77. The summed E-state index contributed by atoms with van der Waals surface area (Å²) in [5.41, 5.74) is 1.74. The maximum atomic E-state index is 13.0. The van der Waals surface area contributed by atoms with E-state index in [-0.39, 0.29) is 35.1 Å². The largest absolute Gasteiger partial charge is 0.502 e. The van der Waals surface area contributed by atoms with E-state index >= 15 is 0 Å². The number of nitrogens with one attached hydrogen (secondary N) is 1. The number of hydrogen-bond acceptors (Lipinski definition) is 7. The minimum Gasteiger partial charge on any atom is -0.502 e. The van der Waals surface area contributed by atoms with Crippen molar-refractivity contribution in [3.63, 3.8) is 0 Å².